The van der Waals surface area contributed by atoms with Gasteiger partial charge in [-0.15, -0.1) is 5.06 Å². The summed E-state index contributed by atoms with van der Waals surface area (Å²) in [6.45, 7) is 17.1. The number of hydroxylamine groups is 2. The Morgan fingerprint density at radius 3 is 1.54 bits per heavy atom. The number of aliphatic hydroxyl groups excluding tert-OH is 1. The summed E-state index contributed by atoms with van der Waals surface area (Å²) >= 11 is 0. The van der Waals surface area contributed by atoms with E-state index in [1.807, 2.05) is 27.7 Å². The SMILES string of the molecule is CC1=C2C[C@H]3[C@@H](CC=C4C[C@@H](CC(=O)ON5C(=O)CCC5=O)CC[C@@]43C)[C@@H]2CC[C@]12O[C@@H]1C[C@H](C)CN(C(=O)C(F)(F)F)[C@H]1[C@H]2C.CC1=C2C[C@H]3[C@@H](CC=C4C[C@@H](O)CC[C@@]43C)[C@@H]2CC[C@]12O[C@@H]1C[C@H](C)CN(C(=O)C(F)(F)F)[C@H]1[C@H]2C. The van der Waals surface area contributed by atoms with E-state index in [4.69, 9.17) is 14.3 Å². The predicted octanol–water partition coefficient (Wildman–Crippen LogP) is 11.9. The van der Waals surface area contributed by atoms with Crippen LogP contribution in [0.15, 0.2) is 45.6 Å². The molecule has 1 N–H and O–H groups in total. The van der Waals surface area contributed by atoms with Gasteiger partial charge in [0.25, 0.3) is 11.8 Å². The Kier molecular flexibility index (Phi) is 14.4. The predicted molar refractivity (Wildman–Crippen MR) is 289 cm³/mol. The molecular formula is C64H85F6N3O9. The number of nitrogens with zero attached hydrogens (tertiary/aromatic N) is 3. The first-order valence-electron chi connectivity index (χ1n) is 31.2. The van der Waals surface area contributed by atoms with Gasteiger partial charge in [0.05, 0.1) is 48.0 Å². The van der Waals surface area contributed by atoms with Crippen LogP contribution in [0.5, 0.6) is 0 Å². The molecular weight excluding hydrogens is 1070 g/mol. The van der Waals surface area contributed by atoms with Crippen LogP contribution >= 0.6 is 0 Å². The maximum atomic E-state index is 13.7. The van der Waals surface area contributed by atoms with Crippen LogP contribution in [-0.2, 0) is 38.3 Å². The number of piperidine rings is 2. The third kappa shape index (κ3) is 9.07. The lowest BCUT2D eigenvalue weighted by molar-refractivity contribution is -0.198. The number of carbonyl (C=O) groups is 5. The Bertz CT molecular complexity index is 2790. The fourth-order valence-corrected chi connectivity index (χ4v) is 20.7. The minimum absolute atomic E-state index is 0.0104. The molecule has 0 aromatic carbocycles. The number of alkyl halides is 6. The largest absolute Gasteiger partial charge is 0.471 e. The molecule has 4 amide bonds. The lowest BCUT2D eigenvalue weighted by Crippen LogP contribution is -2.57. The fourth-order valence-electron chi connectivity index (χ4n) is 20.7. The molecule has 5 aliphatic heterocycles. The highest BCUT2D eigenvalue weighted by atomic mass is 19.4. The molecule has 4 saturated carbocycles. The highest BCUT2D eigenvalue weighted by molar-refractivity contribution is 6.01. The van der Waals surface area contributed by atoms with Gasteiger partial charge in [-0.2, -0.15) is 26.3 Å². The number of halogens is 6. The molecule has 0 aromatic rings. The number of imide groups is 1. The Morgan fingerprint density at radius 2 is 1.09 bits per heavy atom. The van der Waals surface area contributed by atoms with E-state index in [0.717, 1.165) is 99.7 Å². The second kappa shape index (κ2) is 20.3. The smallest absolute Gasteiger partial charge is 0.393 e. The van der Waals surface area contributed by atoms with E-state index >= 15 is 0 Å². The molecule has 12 nitrogen and oxygen atoms in total. The molecule has 13 rings (SSSR count). The van der Waals surface area contributed by atoms with E-state index in [9.17, 15) is 55.4 Å². The molecule has 18 heteroatoms. The van der Waals surface area contributed by atoms with Crippen LogP contribution in [0.3, 0.4) is 0 Å². The molecule has 0 bridgehead atoms. The van der Waals surface area contributed by atoms with Gasteiger partial charge in [0, 0.05) is 37.8 Å². The van der Waals surface area contributed by atoms with Gasteiger partial charge in [0.15, 0.2) is 0 Å². The summed E-state index contributed by atoms with van der Waals surface area (Å²) < 4.78 is 95.3. The first-order chi connectivity index (χ1) is 38.5. The molecule has 9 fully saturated rings. The van der Waals surface area contributed by atoms with E-state index in [-0.39, 0.29) is 85.0 Å². The molecule has 82 heavy (non-hydrogen) atoms. The maximum absolute atomic E-state index is 13.7. The summed E-state index contributed by atoms with van der Waals surface area (Å²) in [6.07, 6.45) is 8.45. The Morgan fingerprint density at radius 1 is 0.646 bits per heavy atom. The van der Waals surface area contributed by atoms with Crippen LogP contribution < -0.4 is 0 Å². The summed E-state index contributed by atoms with van der Waals surface area (Å²) in [5.74, 6) is -2.36. The zero-order valence-corrected chi connectivity index (χ0v) is 49.1. The van der Waals surface area contributed by atoms with Crippen LogP contribution in [0.2, 0.25) is 0 Å². The lowest BCUT2D eigenvalue weighted by atomic mass is 9.55. The van der Waals surface area contributed by atoms with Crippen molar-refractivity contribution in [2.45, 2.75) is 231 Å². The average molecular weight is 1150 g/mol. The van der Waals surface area contributed by atoms with Crippen LogP contribution in [-0.4, -0.2) is 117 Å². The van der Waals surface area contributed by atoms with Gasteiger partial charge in [-0.05, 0) is 192 Å². The van der Waals surface area contributed by atoms with E-state index in [1.165, 1.54) is 33.4 Å². The van der Waals surface area contributed by atoms with Crippen molar-refractivity contribution in [1.82, 2.24) is 14.9 Å². The van der Waals surface area contributed by atoms with Crippen molar-refractivity contribution in [1.29, 1.82) is 0 Å². The molecule has 13 aliphatic rings. The maximum Gasteiger partial charge on any atom is 0.471 e. The highest BCUT2D eigenvalue weighted by Gasteiger charge is 2.66. The standard InChI is InChI=1S/C35H45F3N2O6.C29H40F3NO3/c1-18-13-27-31(39(17-18)32(44)35(36,37)38)20(3)34(45-27)12-10-23-24-6-5-22-14-21(15-30(43)46-40-28(41)7-8-29(40)42)9-11-33(22,4)26(24)16-25(23)19(34)2;1-15-11-24-25(33(14-15)26(35)29(30,31)32)17(3)28(36-24)10-8-20-21-6-5-18-12-19(34)7-9-27(18,4)23(21)13-22(20)16(28)2/h5,18,20-21,23-24,26-27,31H,6-17H2,1-4H3;5,15,17,19-21,23-25,34H,6-14H2,1-4H3/t18-,20+,21-,23-,24-,26-,27+,31-,33-,34-;15-,17+,19-,20-,21-,23-,24+,25-,27-,28-/m00/s1. The molecule has 5 saturated heterocycles. The minimum atomic E-state index is -4.91. The third-order valence-corrected chi connectivity index (χ3v) is 24.8. The Balaban J connectivity index is 0.000000167. The normalized spacial score (nSPS) is 44.8. The molecule has 0 unspecified atom stereocenters. The molecule has 20 atom stereocenters. The van der Waals surface area contributed by atoms with Crippen molar-refractivity contribution in [2.75, 3.05) is 13.1 Å². The van der Waals surface area contributed by atoms with Crippen molar-refractivity contribution < 1.29 is 69.7 Å². The van der Waals surface area contributed by atoms with E-state index in [1.54, 1.807) is 0 Å². The second-order valence-electron chi connectivity index (χ2n) is 28.8. The third-order valence-electron chi connectivity index (χ3n) is 24.8. The number of carbonyl (C=O) groups excluding carboxylic acids is 5. The summed E-state index contributed by atoms with van der Waals surface area (Å²) in [5, 5.41) is 10.9. The number of rotatable bonds is 3. The molecule has 0 radical (unpaired) electrons. The molecule has 452 valence electrons. The first kappa shape index (κ1) is 58.4. The number of likely N-dealkylation sites (tertiary alicyclic amines) is 2. The van der Waals surface area contributed by atoms with Crippen LogP contribution in [0.1, 0.15) is 177 Å². The first-order valence-corrected chi connectivity index (χ1v) is 31.2. The van der Waals surface area contributed by atoms with Gasteiger partial charge in [0.2, 0.25) is 0 Å². The van der Waals surface area contributed by atoms with Gasteiger partial charge in [0.1, 0.15) is 0 Å². The number of hydrogen-bond acceptors (Lipinski definition) is 9. The van der Waals surface area contributed by atoms with Gasteiger partial charge in [-0.3, -0.25) is 19.2 Å². The number of aliphatic hydroxyl groups is 1. The van der Waals surface area contributed by atoms with Crippen LogP contribution in [0.25, 0.3) is 0 Å². The molecule has 5 heterocycles. The van der Waals surface area contributed by atoms with E-state index in [0.29, 0.717) is 53.4 Å². The number of fused-ring (bicyclic) bond motifs is 12. The van der Waals surface area contributed by atoms with Crippen molar-refractivity contribution in [3.63, 3.8) is 0 Å². The molecule has 0 aromatic heterocycles. The van der Waals surface area contributed by atoms with Crippen molar-refractivity contribution in [3.05, 3.63) is 45.6 Å². The monoisotopic (exact) mass is 1150 g/mol. The summed E-state index contributed by atoms with van der Waals surface area (Å²) in [5.41, 5.74) is 7.00. The highest BCUT2D eigenvalue weighted by Crippen LogP contribution is 2.68. The summed E-state index contributed by atoms with van der Waals surface area (Å²) in [7, 11) is 0. The number of ether oxygens (including phenoxy) is 2. The number of allylic oxidation sites excluding steroid dienone is 5. The summed E-state index contributed by atoms with van der Waals surface area (Å²) in [4.78, 5) is 68.8. The topological polar surface area (TPSA) is 143 Å². The summed E-state index contributed by atoms with van der Waals surface area (Å²) in [6, 6.07) is -1.12. The van der Waals surface area contributed by atoms with Gasteiger partial charge >= 0.3 is 30.1 Å². The quantitative estimate of drug-likeness (QED) is 0.166. The van der Waals surface area contributed by atoms with Crippen LogP contribution in [0.4, 0.5) is 26.3 Å². The van der Waals surface area contributed by atoms with Crippen molar-refractivity contribution in [3.8, 4) is 0 Å². The fraction of sp³-hybridized carbons (Fsp3) is 0.797. The molecule has 8 aliphatic carbocycles. The zero-order valence-electron chi connectivity index (χ0n) is 49.1. The average Bonchev–Trinajstić information content (AvgIpc) is 4.01. The number of hydrogen-bond donors (Lipinski definition) is 1. The van der Waals surface area contributed by atoms with Gasteiger partial charge < -0.3 is 29.2 Å². The van der Waals surface area contributed by atoms with Crippen molar-refractivity contribution in [2.24, 2.45) is 75.9 Å². The molecule has 2 spiro atoms. The van der Waals surface area contributed by atoms with Crippen molar-refractivity contribution >= 4 is 29.6 Å². The van der Waals surface area contributed by atoms with Gasteiger partial charge in [-0.1, -0.05) is 76.0 Å². The minimum Gasteiger partial charge on any atom is -0.393 e. The number of amides is 4. The lowest BCUT2D eigenvalue weighted by Gasteiger charge is -2.49. The second-order valence-corrected chi connectivity index (χ2v) is 28.8. The Labute approximate surface area is 478 Å². The Hall–Kier alpha value is -4.03. The zero-order chi connectivity index (χ0) is 58.7. The van der Waals surface area contributed by atoms with E-state index < -0.39 is 71.3 Å². The van der Waals surface area contributed by atoms with E-state index in [2.05, 4.69) is 39.8 Å². The van der Waals surface area contributed by atoms with Crippen LogP contribution in [0, 0.1) is 75.9 Å². The van der Waals surface area contributed by atoms with Gasteiger partial charge in [-0.25, -0.2) is 4.79 Å².